The van der Waals surface area contributed by atoms with Crippen LogP contribution in [0, 0.1) is 0 Å². The second-order valence-electron chi connectivity index (χ2n) is 4.95. The molecular weight excluding hydrogens is 272 g/mol. The van der Waals surface area contributed by atoms with Crippen LogP contribution in [0.5, 0.6) is 0 Å². The zero-order valence-electron chi connectivity index (χ0n) is 11.7. The minimum atomic E-state index is -0.494. The van der Waals surface area contributed by atoms with E-state index >= 15 is 0 Å². The molecular formula is C15H16N2O4. The number of nitrogens with zero attached hydrogens (tertiary/aromatic N) is 2. The Labute approximate surface area is 122 Å². The number of hydrogen-bond donors (Lipinski definition) is 0. The third-order valence-electron chi connectivity index (χ3n) is 3.63. The van der Waals surface area contributed by atoms with Gasteiger partial charge >= 0.3 is 12.0 Å². The molecule has 6 nitrogen and oxygen atoms in total. The van der Waals surface area contributed by atoms with Crippen LogP contribution in [-0.4, -0.2) is 41.7 Å². The van der Waals surface area contributed by atoms with Gasteiger partial charge in [0.15, 0.2) is 0 Å². The fourth-order valence-corrected chi connectivity index (χ4v) is 2.54. The predicted octanol–water partition coefficient (Wildman–Crippen LogP) is 1.68. The van der Waals surface area contributed by atoms with Crippen molar-refractivity contribution in [3.05, 3.63) is 47.7 Å². The summed E-state index contributed by atoms with van der Waals surface area (Å²) in [6, 6.07) is 9.26. The average Bonchev–Trinajstić information content (AvgIpc) is 2.77. The number of hydrogen-bond acceptors (Lipinski definition) is 4. The van der Waals surface area contributed by atoms with Crippen molar-refractivity contribution in [2.45, 2.75) is 19.1 Å². The number of urea groups is 1. The minimum Gasteiger partial charge on any atom is -0.464 e. The second-order valence-corrected chi connectivity index (χ2v) is 4.95. The summed E-state index contributed by atoms with van der Waals surface area (Å²) >= 11 is 0. The van der Waals surface area contributed by atoms with E-state index < -0.39 is 5.97 Å². The monoisotopic (exact) mass is 288 g/mol. The van der Waals surface area contributed by atoms with Crippen LogP contribution in [0.1, 0.15) is 12.0 Å². The lowest BCUT2D eigenvalue weighted by Gasteiger charge is -2.21. The second kappa shape index (κ2) is 5.57. The summed E-state index contributed by atoms with van der Waals surface area (Å²) in [6.45, 7) is 0.777. The molecule has 6 heteroatoms. The Balaban J connectivity index is 1.68. The quantitative estimate of drug-likeness (QED) is 0.791. The molecule has 1 aromatic rings. The van der Waals surface area contributed by atoms with Gasteiger partial charge in [0.25, 0.3) is 0 Å². The molecule has 1 aromatic carbocycles. The predicted molar refractivity (Wildman–Crippen MR) is 73.7 cm³/mol. The largest absolute Gasteiger partial charge is 0.464 e. The number of carbonyl (C=O) groups excluding carboxylic acids is 2. The SMILES string of the molecule is COC(=O)C1=CCC2CN1C(=O)N2OCc1ccccc1. The molecule has 2 bridgehead atoms. The van der Waals surface area contributed by atoms with Crippen LogP contribution >= 0.6 is 0 Å². The number of esters is 1. The lowest BCUT2D eigenvalue weighted by molar-refractivity contribution is -0.139. The molecule has 1 unspecified atom stereocenters. The molecule has 1 atom stereocenters. The summed E-state index contributed by atoms with van der Waals surface area (Å²) in [7, 11) is 1.31. The van der Waals surface area contributed by atoms with E-state index in [9.17, 15) is 9.59 Å². The standard InChI is InChI=1S/C15H16N2O4/c1-20-14(18)13-8-7-12-9-16(13)15(19)17(12)21-10-11-5-3-2-4-6-11/h2-6,8,12H,7,9-10H2,1H3. The Kier molecular flexibility index (Phi) is 3.62. The van der Waals surface area contributed by atoms with Crippen molar-refractivity contribution in [2.24, 2.45) is 0 Å². The van der Waals surface area contributed by atoms with Crippen LogP contribution < -0.4 is 0 Å². The first kappa shape index (κ1) is 13.6. The van der Waals surface area contributed by atoms with Crippen LogP contribution in [0.2, 0.25) is 0 Å². The molecule has 0 radical (unpaired) electrons. The van der Waals surface area contributed by atoms with Crippen molar-refractivity contribution in [1.29, 1.82) is 0 Å². The van der Waals surface area contributed by atoms with Crippen LogP contribution in [0.15, 0.2) is 42.1 Å². The topological polar surface area (TPSA) is 59.1 Å². The van der Waals surface area contributed by atoms with Gasteiger partial charge in [-0.15, -0.1) is 0 Å². The number of ether oxygens (including phenoxy) is 1. The van der Waals surface area contributed by atoms with Crippen LogP contribution in [0.3, 0.4) is 0 Å². The van der Waals surface area contributed by atoms with Gasteiger partial charge in [0, 0.05) is 0 Å². The zero-order chi connectivity index (χ0) is 14.8. The number of hydroxylamine groups is 2. The van der Waals surface area contributed by atoms with Crippen LogP contribution in [-0.2, 0) is 21.0 Å². The molecule has 21 heavy (non-hydrogen) atoms. The van der Waals surface area contributed by atoms with Crippen molar-refractivity contribution < 1.29 is 19.2 Å². The summed E-state index contributed by atoms with van der Waals surface area (Å²) < 4.78 is 4.69. The minimum absolute atomic E-state index is 0.0605. The smallest absolute Gasteiger partial charge is 0.354 e. The molecule has 2 amide bonds. The van der Waals surface area contributed by atoms with Crippen LogP contribution in [0.25, 0.3) is 0 Å². The maximum Gasteiger partial charge on any atom is 0.354 e. The Morgan fingerprint density at radius 3 is 2.81 bits per heavy atom. The van der Waals surface area contributed by atoms with Crippen molar-refractivity contribution in [1.82, 2.24) is 9.96 Å². The van der Waals surface area contributed by atoms with E-state index in [0.29, 0.717) is 25.3 Å². The van der Waals surface area contributed by atoms with E-state index in [-0.39, 0.29) is 12.1 Å². The lowest BCUT2D eigenvalue weighted by atomic mass is 10.1. The third kappa shape index (κ3) is 2.50. The van der Waals surface area contributed by atoms with Gasteiger partial charge in [0.05, 0.1) is 19.7 Å². The van der Waals surface area contributed by atoms with Gasteiger partial charge in [0.1, 0.15) is 12.3 Å². The van der Waals surface area contributed by atoms with Gasteiger partial charge in [-0.1, -0.05) is 36.4 Å². The number of fused-ring (bicyclic) bond motifs is 2. The highest BCUT2D eigenvalue weighted by Crippen LogP contribution is 2.29. The van der Waals surface area contributed by atoms with Gasteiger partial charge in [0.2, 0.25) is 0 Å². The van der Waals surface area contributed by atoms with E-state index in [0.717, 1.165) is 5.56 Å². The fraction of sp³-hybridized carbons (Fsp3) is 0.333. The average molecular weight is 288 g/mol. The molecule has 3 rings (SSSR count). The van der Waals surface area contributed by atoms with E-state index in [1.807, 2.05) is 30.3 Å². The summed E-state index contributed by atoms with van der Waals surface area (Å²) in [5, 5.41) is 1.36. The van der Waals surface area contributed by atoms with Crippen molar-refractivity contribution in [3.8, 4) is 0 Å². The van der Waals surface area contributed by atoms with Crippen molar-refractivity contribution >= 4 is 12.0 Å². The highest BCUT2D eigenvalue weighted by molar-refractivity contribution is 5.94. The van der Waals surface area contributed by atoms with E-state index in [1.54, 1.807) is 6.08 Å². The number of methoxy groups -OCH3 is 1. The van der Waals surface area contributed by atoms with Gasteiger partial charge < -0.3 is 4.74 Å². The molecule has 0 saturated carbocycles. The summed E-state index contributed by atoms with van der Waals surface area (Å²) in [5.74, 6) is -0.494. The van der Waals surface area contributed by atoms with Gasteiger partial charge in [-0.05, 0) is 12.0 Å². The van der Waals surface area contributed by atoms with Gasteiger partial charge in [-0.25, -0.2) is 9.59 Å². The maximum absolute atomic E-state index is 12.3. The fourth-order valence-electron chi connectivity index (χ4n) is 2.54. The first-order valence-electron chi connectivity index (χ1n) is 6.76. The maximum atomic E-state index is 12.3. The highest BCUT2D eigenvalue weighted by Gasteiger charge is 2.44. The first-order chi connectivity index (χ1) is 10.2. The summed E-state index contributed by atoms with van der Waals surface area (Å²) in [4.78, 5) is 31.0. The molecule has 1 saturated heterocycles. The molecule has 2 heterocycles. The molecule has 0 aliphatic carbocycles. The lowest BCUT2D eigenvalue weighted by Crippen LogP contribution is -2.34. The summed E-state index contributed by atoms with van der Waals surface area (Å²) in [5.41, 5.74) is 1.28. The van der Waals surface area contributed by atoms with E-state index in [2.05, 4.69) is 0 Å². The Morgan fingerprint density at radius 2 is 2.10 bits per heavy atom. The molecule has 0 aromatic heterocycles. The van der Waals surface area contributed by atoms with Crippen molar-refractivity contribution in [2.75, 3.05) is 13.7 Å². The summed E-state index contributed by atoms with van der Waals surface area (Å²) in [6.07, 6.45) is 2.31. The molecule has 2 aliphatic heterocycles. The molecule has 0 spiro atoms. The van der Waals surface area contributed by atoms with Crippen molar-refractivity contribution in [3.63, 3.8) is 0 Å². The molecule has 0 N–H and O–H groups in total. The van der Waals surface area contributed by atoms with E-state index in [4.69, 9.17) is 9.57 Å². The third-order valence-corrected chi connectivity index (χ3v) is 3.63. The first-order valence-corrected chi connectivity index (χ1v) is 6.76. The number of carbonyl (C=O) groups is 2. The number of amides is 2. The Hall–Kier alpha value is -2.34. The zero-order valence-corrected chi connectivity index (χ0v) is 11.7. The Morgan fingerprint density at radius 1 is 1.33 bits per heavy atom. The normalized spacial score (nSPS) is 20.5. The number of benzene rings is 1. The molecule has 110 valence electrons. The number of rotatable bonds is 4. The molecule has 2 aliphatic rings. The highest BCUT2D eigenvalue weighted by atomic mass is 16.7. The van der Waals surface area contributed by atoms with E-state index in [1.165, 1.54) is 17.1 Å². The van der Waals surface area contributed by atoms with Gasteiger partial charge in [-0.2, -0.15) is 5.06 Å². The van der Waals surface area contributed by atoms with Gasteiger partial charge in [-0.3, -0.25) is 9.74 Å². The molecule has 1 fully saturated rings. The van der Waals surface area contributed by atoms with Crippen LogP contribution in [0.4, 0.5) is 4.79 Å². The Bertz CT molecular complexity index is 585.